The number of hydrogen-bond acceptors (Lipinski definition) is 3. The smallest absolute Gasteiger partial charge is 0.0897 e. The van der Waals surface area contributed by atoms with E-state index >= 15 is 0 Å². The molecule has 0 aliphatic rings. The second-order valence-electron chi connectivity index (χ2n) is 4.12. The molecule has 0 aliphatic carbocycles. The summed E-state index contributed by atoms with van der Waals surface area (Å²) < 4.78 is 5.14. The van der Waals surface area contributed by atoms with Crippen LogP contribution in [0, 0.1) is 0 Å². The summed E-state index contributed by atoms with van der Waals surface area (Å²) in [4.78, 5) is 0. The van der Waals surface area contributed by atoms with Gasteiger partial charge in [0.25, 0.3) is 0 Å². The van der Waals surface area contributed by atoms with Gasteiger partial charge >= 0.3 is 0 Å². The van der Waals surface area contributed by atoms with Crippen molar-refractivity contribution in [1.29, 1.82) is 0 Å². The van der Waals surface area contributed by atoms with Gasteiger partial charge in [-0.1, -0.05) is 26.2 Å². The number of unbranched alkanes of at least 4 members (excludes halogenated alkanes) is 2. The van der Waals surface area contributed by atoms with E-state index in [0.717, 1.165) is 0 Å². The minimum Gasteiger partial charge on any atom is -0.389 e. The third kappa shape index (κ3) is 10.2. The standard InChI is InChI=1S/C12H27NO2/c1-4-6-7-8-11(3)13-9-12(14)10-15-5-2/h11-14H,4-10H2,1-3H3. The Morgan fingerprint density at radius 3 is 2.60 bits per heavy atom. The van der Waals surface area contributed by atoms with Crippen LogP contribution in [0.3, 0.4) is 0 Å². The lowest BCUT2D eigenvalue weighted by Crippen LogP contribution is -2.35. The molecule has 0 heterocycles. The Bertz CT molecular complexity index is 131. The number of ether oxygens (including phenoxy) is 1. The molecule has 2 N–H and O–H groups in total. The van der Waals surface area contributed by atoms with Gasteiger partial charge in [0.05, 0.1) is 12.7 Å². The first-order valence-corrected chi connectivity index (χ1v) is 6.19. The van der Waals surface area contributed by atoms with Crippen molar-refractivity contribution >= 4 is 0 Å². The van der Waals surface area contributed by atoms with Crippen LogP contribution in [0.15, 0.2) is 0 Å². The quantitative estimate of drug-likeness (QED) is 0.550. The predicted molar refractivity (Wildman–Crippen MR) is 64.1 cm³/mol. The second-order valence-corrected chi connectivity index (χ2v) is 4.12. The maximum absolute atomic E-state index is 9.51. The van der Waals surface area contributed by atoms with Gasteiger partial charge < -0.3 is 15.2 Å². The van der Waals surface area contributed by atoms with Crippen LogP contribution >= 0.6 is 0 Å². The fourth-order valence-corrected chi connectivity index (χ4v) is 1.45. The van der Waals surface area contributed by atoms with Crippen LogP contribution in [0.4, 0.5) is 0 Å². The van der Waals surface area contributed by atoms with Gasteiger partial charge in [0.1, 0.15) is 0 Å². The Morgan fingerprint density at radius 2 is 2.00 bits per heavy atom. The number of hydrogen-bond donors (Lipinski definition) is 2. The Hall–Kier alpha value is -0.120. The van der Waals surface area contributed by atoms with Gasteiger partial charge in [0.15, 0.2) is 0 Å². The summed E-state index contributed by atoms with van der Waals surface area (Å²) in [6.45, 7) is 8.06. The number of rotatable bonds is 10. The van der Waals surface area contributed by atoms with E-state index in [1.165, 1.54) is 25.7 Å². The lowest BCUT2D eigenvalue weighted by atomic mass is 10.1. The van der Waals surface area contributed by atoms with Gasteiger partial charge in [0.2, 0.25) is 0 Å². The van der Waals surface area contributed by atoms with E-state index in [1.807, 2.05) is 6.92 Å². The van der Waals surface area contributed by atoms with Gasteiger partial charge in [-0.25, -0.2) is 0 Å². The van der Waals surface area contributed by atoms with Crippen molar-refractivity contribution < 1.29 is 9.84 Å². The van der Waals surface area contributed by atoms with Crippen molar-refractivity contribution in [3.8, 4) is 0 Å². The SMILES string of the molecule is CCCCCC(C)NCC(O)COCC. The van der Waals surface area contributed by atoms with E-state index in [0.29, 0.717) is 25.8 Å². The molecule has 0 aromatic rings. The number of aliphatic hydroxyl groups is 1. The van der Waals surface area contributed by atoms with Crippen LogP contribution < -0.4 is 5.32 Å². The summed E-state index contributed by atoms with van der Waals surface area (Å²) in [5, 5.41) is 12.8. The third-order valence-corrected chi connectivity index (χ3v) is 2.46. The van der Waals surface area contributed by atoms with Crippen molar-refractivity contribution in [1.82, 2.24) is 5.32 Å². The topological polar surface area (TPSA) is 41.5 Å². The van der Waals surface area contributed by atoms with Crippen LogP contribution in [0.5, 0.6) is 0 Å². The average Bonchev–Trinajstić information content (AvgIpc) is 2.24. The van der Waals surface area contributed by atoms with Gasteiger partial charge in [0, 0.05) is 19.2 Å². The average molecular weight is 217 g/mol. The van der Waals surface area contributed by atoms with Crippen molar-refractivity contribution in [2.24, 2.45) is 0 Å². The molecular weight excluding hydrogens is 190 g/mol. The Balaban J connectivity index is 3.31. The largest absolute Gasteiger partial charge is 0.389 e. The fraction of sp³-hybridized carbons (Fsp3) is 1.00. The summed E-state index contributed by atoms with van der Waals surface area (Å²) in [6, 6.07) is 0.493. The molecule has 3 nitrogen and oxygen atoms in total. The highest BCUT2D eigenvalue weighted by molar-refractivity contribution is 4.65. The molecule has 0 bridgehead atoms. The lowest BCUT2D eigenvalue weighted by Gasteiger charge is -2.16. The number of nitrogens with one attached hydrogen (secondary N) is 1. The molecule has 2 atom stereocenters. The zero-order chi connectivity index (χ0) is 11.5. The van der Waals surface area contributed by atoms with E-state index in [-0.39, 0.29) is 6.10 Å². The van der Waals surface area contributed by atoms with Gasteiger partial charge in [-0.05, 0) is 20.3 Å². The van der Waals surface area contributed by atoms with Crippen LogP contribution in [0.25, 0.3) is 0 Å². The molecular formula is C12H27NO2. The zero-order valence-electron chi connectivity index (χ0n) is 10.5. The molecule has 0 aromatic heterocycles. The Kier molecular flexibility index (Phi) is 10.3. The molecule has 15 heavy (non-hydrogen) atoms. The van der Waals surface area contributed by atoms with E-state index in [4.69, 9.17) is 4.74 Å². The van der Waals surface area contributed by atoms with Crippen molar-refractivity contribution in [3.63, 3.8) is 0 Å². The molecule has 0 rings (SSSR count). The zero-order valence-corrected chi connectivity index (χ0v) is 10.5. The monoisotopic (exact) mass is 217 g/mol. The summed E-state index contributed by atoms with van der Waals surface area (Å²) in [6.07, 6.45) is 4.65. The third-order valence-electron chi connectivity index (χ3n) is 2.46. The molecule has 0 fully saturated rings. The maximum atomic E-state index is 9.51. The van der Waals surface area contributed by atoms with Gasteiger partial charge in [-0.2, -0.15) is 0 Å². The van der Waals surface area contributed by atoms with Crippen molar-refractivity contribution in [3.05, 3.63) is 0 Å². The van der Waals surface area contributed by atoms with E-state index < -0.39 is 0 Å². The first kappa shape index (κ1) is 14.9. The molecule has 0 saturated carbocycles. The molecule has 0 aliphatic heterocycles. The predicted octanol–water partition coefficient (Wildman–Crippen LogP) is 1.94. The molecule has 0 amide bonds. The van der Waals surface area contributed by atoms with Crippen LogP contribution in [0.2, 0.25) is 0 Å². The van der Waals surface area contributed by atoms with Gasteiger partial charge in [-0.15, -0.1) is 0 Å². The molecule has 0 radical (unpaired) electrons. The highest BCUT2D eigenvalue weighted by Gasteiger charge is 2.06. The first-order chi connectivity index (χ1) is 7.20. The number of aliphatic hydroxyl groups excluding tert-OH is 1. The fourth-order valence-electron chi connectivity index (χ4n) is 1.45. The van der Waals surface area contributed by atoms with Crippen LogP contribution in [-0.4, -0.2) is 37.0 Å². The summed E-state index contributed by atoms with van der Waals surface area (Å²) in [7, 11) is 0. The van der Waals surface area contributed by atoms with Crippen LogP contribution in [-0.2, 0) is 4.74 Å². The molecule has 3 heteroatoms. The minimum atomic E-state index is -0.376. The molecule has 0 aromatic carbocycles. The molecule has 0 spiro atoms. The summed E-state index contributed by atoms with van der Waals surface area (Å²) in [5.41, 5.74) is 0. The second kappa shape index (κ2) is 10.4. The van der Waals surface area contributed by atoms with Gasteiger partial charge in [-0.3, -0.25) is 0 Å². The maximum Gasteiger partial charge on any atom is 0.0897 e. The summed E-state index contributed by atoms with van der Waals surface area (Å²) >= 11 is 0. The summed E-state index contributed by atoms with van der Waals surface area (Å²) in [5.74, 6) is 0. The molecule has 92 valence electrons. The normalized spacial score (nSPS) is 15.2. The Labute approximate surface area is 94.2 Å². The van der Waals surface area contributed by atoms with Crippen molar-refractivity contribution in [2.45, 2.75) is 58.6 Å². The minimum absolute atomic E-state index is 0.376. The highest BCUT2D eigenvalue weighted by Crippen LogP contribution is 2.02. The first-order valence-electron chi connectivity index (χ1n) is 6.19. The van der Waals surface area contributed by atoms with E-state index in [1.54, 1.807) is 0 Å². The molecule has 2 unspecified atom stereocenters. The van der Waals surface area contributed by atoms with E-state index in [2.05, 4.69) is 19.2 Å². The lowest BCUT2D eigenvalue weighted by molar-refractivity contribution is 0.0415. The van der Waals surface area contributed by atoms with Crippen molar-refractivity contribution in [2.75, 3.05) is 19.8 Å². The molecule has 0 saturated heterocycles. The van der Waals surface area contributed by atoms with Crippen LogP contribution in [0.1, 0.15) is 46.5 Å². The van der Waals surface area contributed by atoms with E-state index in [9.17, 15) is 5.11 Å². The highest BCUT2D eigenvalue weighted by atomic mass is 16.5. The Morgan fingerprint density at radius 1 is 1.27 bits per heavy atom.